The Morgan fingerprint density at radius 3 is 2.43 bits per heavy atom. The van der Waals surface area contributed by atoms with Crippen LogP contribution in [0.1, 0.15) is 37.6 Å². The molecule has 0 radical (unpaired) electrons. The SMILES string of the molecule is CCOCCOc1ccccc1NC(=O)CNc1ccc(C(=O)NC(C)CC)cc1. The van der Waals surface area contributed by atoms with E-state index in [2.05, 4.69) is 16.0 Å². The molecule has 2 aromatic rings. The number of nitrogens with one attached hydrogen (secondary N) is 3. The molecule has 0 saturated heterocycles. The summed E-state index contributed by atoms with van der Waals surface area (Å²) < 4.78 is 10.9. The monoisotopic (exact) mass is 413 g/mol. The average Bonchev–Trinajstić information content (AvgIpc) is 2.76. The third-order valence-corrected chi connectivity index (χ3v) is 4.44. The minimum atomic E-state index is -0.200. The fourth-order valence-electron chi connectivity index (χ4n) is 2.58. The second kappa shape index (κ2) is 12.5. The van der Waals surface area contributed by atoms with E-state index in [1.165, 1.54) is 0 Å². The quantitative estimate of drug-likeness (QED) is 0.462. The summed E-state index contributed by atoms with van der Waals surface area (Å²) in [6.45, 7) is 7.55. The summed E-state index contributed by atoms with van der Waals surface area (Å²) in [5.41, 5.74) is 1.95. The summed E-state index contributed by atoms with van der Waals surface area (Å²) in [6, 6.07) is 14.4. The number of carbonyl (C=O) groups excluding carboxylic acids is 2. The lowest BCUT2D eigenvalue weighted by atomic mass is 10.1. The highest BCUT2D eigenvalue weighted by molar-refractivity contribution is 5.96. The van der Waals surface area contributed by atoms with E-state index in [4.69, 9.17) is 9.47 Å². The van der Waals surface area contributed by atoms with Crippen molar-refractivity contribution in [2.24, 2.45) is 0 Å². The lowest BCUT2D eigenvalue weighted by molar-refractivity contribution is -0.114. The first-order valence-corrected chi connectivity index (χ1v) is 10.3. The van der Waals surface area contributed by atoms with Gasteiger partial charge in [-0.2, -0.15) is 0 Å². The zero-order valence-electron chi connectivity index (χ0n) is 17.9. The summed E-state index contributed by atoms with van der Waals surface area (Å²) in [4.78, 5) is 24.4. The van der Waals surface area contributed by atoms with E-state index in [9.17, 15) is 9.59 Å². The Balaban J connectivity index is 1.84. The van der Waals surface area contributed by atoms with E-state index >= 15 is 0 Å². The second-order valence-corrected chi connectivity index (χ2v) is 6.80. The van der Waals surface area contributed by atoms with Gasteiger partial charge in [0.2, 0.25) is 5.91 Å². The fraction of sp³-hybridized carbons (Fsp3) is 0.391. The Morgan fingerprint density at radius 2 is 1.73 bits per heavy atom. The minimum absolute atomic E-state index is 0.0890. The molecule has 0 aromatic heterocycles. The molecule has 0 fully saturated rings. The molecule has 0 aliphatic rings. The van der Waals surface area contributed by atoms with E-state index in [0.717, 1.165) is 12.1 Å². The Kier molecular flexibility index (Phi) is 9.67. The van der Waals surface area contributed by atoms with Gasteiger partial charge in [-0.25, -0.2) is 0 Å². The van der Waals surface area contributed by atoms with Crippen molar-refractivity contribution in [2.45, 2.75) is 33.2 Å². The molecule has 2 aromatic carbocycles. The molecule has 7 heteroatoms. The first-order chi connectivity index (χ1) is 14.5. The zero-order valence-corrected chi connectivity index (χ0v) is 17.9. The van der Waals surface area contributed by atoms with Gasteiger partial charge < -0.3 is 25.4 Å². The van der Waals surface area contributed by atoms with Crippen molar-refractivity contribution in [3.63, 3.8) is 0 Å². The van der Waals surface area contributed by atoms with E-state index in [-0.39, 0.29) is 24.4 Å². The average molecular weight is 414 g/mol. The van der Waals surface area contributed by atoms with E-state index in [0.29, 0.717) is 36.8 Å². The van der Waals surface area contributed by atoms with Crippen molar-refractivity contribution in [3.8, 4) is 5.75 Å². The highest BCUT2D eigenvalue weighted by atomic mass is 16.5. The van der Waals surface area contributed by atoms with Gasteiger partial charge in [0.25, 0.3) is 5.91 Å². The molecule has 3 N–H and O–H groups in total. The molecule has 1 unspecified atom stereocenters. The number of amides is 2. The van der Waals surface area contributed by atoms with Gasteiger partial charge in [-0.3, -0.25) is 9.59 Å². The van der Waals surface area contributed by atoms with Crippen molar-refractivity contribution in [1.82, 2.24) is 5.32 Å². The number of anilines is 2. The highest BCUT2D eigenvalue weighted by Gasteiger charge is 2.10. The molecule has 1 atom stereocenters. The van der Waals surface area contributed by atoms with Crippen LogP contribution in [0.15, 0.2) is 48.5 Å². The van der Waals surface area contributed by atoms with Crippen molar-refractivity contribution in [3.05, 3.63) is 54.1 Å². The highest BCUT2D eigenvalue weighted by Crippen LogP contribution is 2.23. The maximum atomic E-state index is 12.3. The van der Waals surface area contributed by atoms with Gasteiger partial charge in [0.15, 0.2) is 0 Å². The van der Waals surface area contributed by atoms with Crippen molar-refractivity contribution >= 4 is 23.2 Å². The Labute approximate surface area is 178 Å². The summed E-state index contributed by atoms with van der Waals surface area (Å²) in [5.74, 6) is 0.297. The van der Waals surface area contributed by atoms with Crippen LogP contribution in [-0.4, -0.2) is 44.2 Å². The molecule has 0 bridgehead atoms. The smallest absolute Gasteiger partial charge is 0.251 e. The molecular weight excluding hydrogens is 382 g/mol. The number of rotatable bonds is 12. The van der Waals surface area contributed by atoms with E-state index in [1.54, 1.807) is 36.4 Å². The topological polar surface area (TPSA) is 88.7 Å². The molecule has 0 spiro atoms. The Bertz CT molecular complexity index is 808. The number of benzene rings is 2. The number of hydrogen-bond donors (Lipinski definition) is 3. The van der Waals surface area contributed by atoms with Crippen LogP contribution in [0.4, 0.5) is 11.4 Å². The van der Waals surface area contributed by atoms with Crippen LogP contribution in [0, 0.1) is 0 Å². The third kappa shape index (κ3) is 7.75. The Morgan fingerprint density at radius 1 is 1.00 bits per heavy atom. The standard InChI is InChI=1S/C23H31N3O4/c1-4-17(3)25-23(28)18-10-12-19(13-11-18)24-16-22(27)26-20-8-6-7-9-21(20)30-15-14-29-5-2/h6-13,17,24H,4-5,14-16H2,1-3H3,(H,25,28)(H,26,27). The van der Waals surface area contributed by atoms with Crippen LogP contribution in [-0.2, 0) is 9.53 Å². The van der Waals surface area contributed by atoms with Crippen molar-refractivity contribution in [2.75, 3.05) is 37.0 Å². The molecule has 0 saturated carbocycles. The van der Waals surface area contributed by atoms with Crippen molar-refractivity contribution < 1.29 is 19.1 Å². The summed E-state index contributed by atoms with van der Waals surface area (Å²) in [5, 5.41) is 8.83. The first-order valence-electron chi connectivity index (χ1n) is 10.3. The van der Waals surface area contributed by atoms with Crippen LogP contribution >= 0.6 is 0 Å². The van der Waals surface area contributed by atoms with Crippen LogP contribution < -0.4 is 20.7 Å². The zero-order chi connectivity index (χ0) is 21.8. The number of hydrogen-bond acceptors (Lipinski definition) is 5. The number of para-hydroxylation sites is 2. The van der Waals surface area contributed by atoms with Crippen LogP contribution in [0.25, 0.3) is 0 Å². The van der Waals surface area contributed by atoms with E-state index < -0.39 is 0 Å². The van der Waals surface area contributed by atoms with E-state index in [1.807, 2.05) is 32.9 Å². The Hall–Kier alpha value is -3.06. The van der Waals surface area contributed by atoms with Gasteiger partial charge in [-0.1, -0.05) is 19.1 Å². The second-order valence-electron chi connectivity index (χ2n) is 6.80. The number of carbonyl (C=O) groups is 2. The lowest BCUT2D eigenvalue weighted by Crippen LogP contribution is -2.31. The van der Waals surface area contributed by atoms with Gasteiger partial charge in [0, 0.05) is 23.9 Å². The molecule has 0 aliphatic carbocycles. The molecule has 0 heterocycles. The maximum Gasteiger partial charge on any atom is 0.251 e. The summed E-state index contributed by atoms with van der Waals surface area (Å²) in [7, 11) is 0. The predicted octanol–water partition coefficient (Wildman–Crippen LogP) is 3.68. The largest absolute Gasteiger partial charge is 0.489 e. The fourth-order valence-corrected chi connectivity index (χ4v) is 2.58. The van der Waals surface area contributed by atoms with Gasteiger partial charge in [0.05, 0.1) is 18.8 Å². The summed E-state index contributed by atoms with van der Waals surface area (Å²) >= 11 is 0. The summed E-state index contributed by atoms with van der Waals surface area (Å²) in [6.07, 6.45) is 0.876. The van der Waals surface area contributed by atoms with Gasteiger partial charge in [-0.15, -0.1) is 0 Å². The van der Waals surface area contributed by atoms with Gasteiger partial charge in [-0.05, 0) is 56.7 Å². The normalized spacial score (nSPS) is 11.4. The number of ether oxygens (including phenoxy) is 2. The molecule has 162 valence electrons. The third-order valence-electron chi connectivity index (χ3n) is 4.44. The van der Waals surface area contributed by atoms with Crippen LogP contribution in [0.5, 0.6) is 5.75 Å². The maximum absolute atomic E-state index is 12.3. The molecule has 2 amide bonds. The molecule has 30 heavy (non-hydrogen) atoms. The van der Waals surface area contributed by atoms with Crippen molar-refractivity contribution in [1.29, 1.82) is 0 Å². The van der Waals surface area contributed by atoms with Gasteiger partial charge in [0.1, 0.15) is 12.4 Å². The molecule has 2 rings (SSSR count). The molecular formula is C23H31N3O4. The predicted molar refractivity (Wildman–Crippen MR) is 119 cm³/mol. The van der Waals surface area contributed by atoms with Gasteiger partial charge >= 0.3 is 0 Å². The van der Waals surface area contributed by atoms with Crippen LogP contribution in [0.3, 0.4) is 0 Å². The minimum Gasteiger partial charge on any atom is -0.489 e. The van der Waals surface area contributed by atoms with Crippen LogP contribution in [0.2, 0.25) is 0 Å². The lowest BCUT2D eigenvalue weighted by Gasteiger charge is -2.13. The molecule has 7 nitrogen and oxygen atoms in total. The molecule has 0 aliphatic heterocycles. The first kappa shape index (κ1) is 23.2.